The highest BCUT2D eigenvalue weighted by Gasteiger charge is 2.09. The second-order valence-electron chi connectivity index (χ2n) is 5.02. The number of nitrogens with zero attached hydrogens (tertiary/aromatic N) is 3. The summed E-state index contributed by atoms with van der Waals surface area (Å²) in [5.41, 5.74) is 1.21. The van der Waals surface area contributed by atoms with Crippen molar-refractivity contribution in [3.05, 3.63) is 28.0 Å². The molecule has 0 bridgehead atoms. The third-order valence-electron chi connectivity index (χ3n) is 2.92. The highest BCUT2D eigenvalue weighted by atomic mass is 32.1. The minimum atomic E-state index is 0.0796. The first kappa shape index (κ1) is 15.7. The summed E-state index contributed by atoms with van der Waals surface area (Å²) in [6.07, 6.45) is 5.25. The quantitative estimate of drug-likeness (QED) is 0.851. The summed E-state index contributed by atoms with van der Waals surface area (Å²) in [6, 6.07) is 0. The predicted molar refractivity (Wildman–Crippen MR) is 86.2 cm³/mol. The Kier molecular flexibility index (Phi) is 5.50. The number of rotatable bonds is 7. The molecule has 0 atom stereocenters. The van der Waals surface area contributed by atoms with E-state index in [0.29, 0.717) is 11.7 Å². The zero-order valence-electron chi connectivity index (χ0n) is 13.0. The molecule has 0 radical (unpaired) electrons. The Morgan fingerprint density at radius 1 is 1.29 bits per heavy atom. The van der Waals surface area contributed by atoms with Gasteiger partial charge in [-0.2, -0.15) is 0 Å². The van der Waals surface area contributed by atoms with Gasteiger partial charge in [-0.15, -0.1) is 11.3 Å². The molecule has 0 spiro atoms. The van der Waals surface area contributed by atoms with Crippen molar-refractivity contribution >= 4 is 17.2 Å². The van der Waals surface area contributed by atoms with Crippen molar-refractivity contribution in [1.29, 1.82) is 0 Å². The van der Waals surface area contributed by atoms with E-state index >= 15 is 0 Å². The molecule has 0 fully saturated rings. The van der Waals surface area contributed by atoms with Crippen LogP contribution < -0.4 is 10.1 Å². The van der Waals surface area contributed by atoms with E-state index in [0.717, 1.165) is 24.4 Å². The number of nitrogens with one attached hydrogen (secondary N) is 1. The summed E-state index contributed by atoms with van der Waals surface area (Å²) in [7, 11) is 0. The lowest BCUT2D eigenvalue weighted by Crippen LogP contribution is -2.12. The van der Waals surface area contributed by atoms with Crippen molar-refractivity contribution in [2.24, 2.45) is 0 Å². The minimum absolute atomic E-state index is 0.0796. The van der Waals surface area contributed by atoms with Crippen LogP contribution in [-0.2, 0) is 12.8 Å². The van der Waals surface area contributed by atoms with E-state index in [4.69, 9.17) is 4.74 Å². The Balaban J connectivity index is 1.93. The Bertz CT molecular complexity index is 583. The van der Waals surface area contributed by atoms with Crippen molar-refractivity contribution in [3.63, 3.8) is 0 Å². The van der Waals surface area contributed by atoms with Crippen LogP contribution in [0.1, 0.15) is 36.3 Å². The van der Waals surface area contributed by atoms with Crippen LogP contribution >= 0.6 is 11.3 Å². The maximum atomic E-state index is 5.64. The maximum Gasteiger partial charge on any atom is 0.257 e. The molecule has 0 aliphatic heterocycles. The first-order valence-electron chi connectivity index (χ1n) is 7.26. The molecule has 114 valence electrons. The summed E-state index contributed by atoms with van der Waals surface area (Å²) in [5, 5.41) is 4.44. The summed E-state index contributed by atoms with van der Waals surface area (Å²) >= 11 is 1.77. The zero-order chi connectivity index (χ0) is 15.2. The fourth-order valence-electron chi connectivity index (χ4n) is 1.97. The molecule has 0 aliphatic rings. The molecule has 0 saturated carbocycles. The van der Waals surface area contributed by atoms with Gasteiger partial charge in [0.15, 0.2) is 5.82 Å². The topological polar surface area (TPSA) is 59.9 Å². The monoisotopic (exact) mass is 306 g/mol. The van der Waals surface area contributed by atoms with Crippen LogP contribution in [0.15, 0.2) is 12.4 Å². The Morgan fingerprint density at radius 2 is 2.05 bits per heavy atom. The molecule has 0 amide bonds. The molecule has 2 rings (SSSR count). The molecule has 5 nitrogen and oxygen atoms in total. The summed E-state index contributed by atoms with van der Waals surface area (Å²) in [5.74, 6) is 1.24. The molecular weight excluding hydrogens is 284 g/mol. The number of hydrogen-bond donors (Lipinski definition) is 1. The number of aromatic nitrogens is 3. The lowest BCUT2D eigenvalue weighted by atomic mass is 10.3. The van der Waals surface area contributed by atoms with Gasteiger partial charge < -0.3 is 10.1 Å². The van der Waals surface area contributed by atoms with Gasteiger partial charge in [-0.25, -0.2) is 15.0 Å². The fourth-order valence-corrected chi connectivity index (χ4v) is 2.99. The first-order chi connectivity index (χ1) is 10.1. The SMILES string of the molecule is CCc1nc(CCNc2nccnc2OC(C)C)sc1C. The van der Waals surface area contributed by atoms with Crippen molar-refractivity contribution in [1.82, 2.24) is 15.0 Å². The Hall–Kier alpha value is -1.69. The number of anilines is 1. The van der Waals surface area contributed by atoms with Crippen LogP contribution in [0.25, 0.3) is 0 Å². The molecule has 0 aliphatic carbocycles. The van der Waals surface area contributed by atoms with Gasteiger partial charge in [0.25, 0.3) is 5.88 Å². The van der Waals surface area contributed by atoms with E-state index < -0.39 is 0 Å². The first-order valence-corrected chi connectivity index (χ1v) is 8.08. The van der Waals surface area contributed by atoms with Gasteiger partial charge in [0, 0.05) is 30.2 Å². The van der Waals surface area contributed by atoms with Gasteiger partial charge in [0.2, 0.25) is 0 Å². The van der Waals surface area contributed by atoms with Gasteiger partial charge in [0.05, 0.1) is 16.8 Å². The third-order valence-corrected chi connectivity index (χ3v) is 3.99. The van der Waals surface area contributed by atoms with Gasteiger partial charge in [0.1, 0.15) is 0 Å². The largest absolute Gasteiger partial charge is 0.472 e. The molecule has 21 heavy (non-hydrogen) atoms. The third kappa shape index (κ3) is 4.39. The standard InChI is InChI=1S/C15H22N4OS/c1-5-12-11(4)21-13(19-12)6-7-16-14-15(20-10(2)3)18-9-8-17-14/h8-10H,5-7H2,1-4H3,(H,16,17). The van der Waals surface area contributed by atoms with Crippen molar-refractivity contribution in [3.8, 4) is 5.88 Å². The number of hydrogen-bond acceptors (Lipinski definition) is 6. The van der Waals surface area contributed by atoms with E-state index in [1.54, 1.807) is 23.7 Å². The predicted octanol–water partition coefficient (Wildman–Crippen LogP) is 3.25. The van der Waals surface area contributed by atoms with E-state index in [-0.39, 0.29) is 6.10 Å². The van der Waals surface area contributed by atoms with Gasteiger partial charge in [-0.1, -0.05) is 6.92 Å². The Labute approximate surface area is 129 Å². The van der Waals surface area contributed by atoms with Crippen LogP contribution in [-0.4, -0.2) is 27.6 Å². The van der Waals surface area contributed by atoms with E-state index in [1.807, 2.05) is 13.8 Å². The van der Waals surface area contributed by atoms with Crippen LogP contribution in [0.3, 0.4) is 0 Å². The molecule has 2 aromatic rings. The highest BCUT2D eigenvalue weighted by molar-refractivity contribution is 7.11. The van der Waals surface area contributed by atoms with E-state index in [2.05, 4.69) is 34.1 Å². The summed E-state index contributed by atoms with van der Waals surface area (Å²) in [6.45, 7) is 8.99. The smallest absolute Gasteiger partial charge is 0.257 e. The average Bonchev–Trinajstić information content (AvgIpc) is 2.80. The fraction of sp³-hybridized carbons (Fsp3) is 0.533. The van der Waals surface area contributed by atoms with Crippen molar-refractivity contribution in [2.75, 3.05) is 11.9 Å². The van der Waals surface area contributed by atoms with Crippen LogP contribution in [0, 0.1) is 6.92 Å². The normalized spacial score (nSPS) is 10.9. The molecular formula is C15H22N4OS. The Morgan fingerprint density at radius 3 is 2.71 bits per heavy atom. The van der Waals surface area contributed by atoms with Gasteiger partial charge in [-0.05, 0) is 27.2 Å². The minimum Gasteiger partial charge on any atom is -0.472 e. The van der Waals surface area contributed by atoms with Crippen LogP contribution in [0.4, 0.5) is 5.82 Å². The number of ether oxygens (including phenoxy) is 1. The van der Waals surface area contributed by atoms with E-state index in [1.165, 1.54) is 10.6 Å². The number of aryl methyl sites for hydroxylation is 2. The van der Waals surface area contributed by atoms with Gasteiger partial charge in [-0.3, -0.25) is 0 Å². The van der Waals surface area contributed by atoms with Crippen LogP contribution in [0.5, 0.6) is 5.88 Å². The zero-order valence-corrected chi connectivity index (χ0v) is 13.8. The molecule has 0 unspecified atom stereocenters. The molecule has 0 aromatic carbocycles. The van der Waals surface area contributed by atoms with Crippen LogP contribution in [0.2, 0.25) is 0 Å². The molecule has 6 heteroatoms. The summed E-state index contributed by atoms with van der Waals surface area (Å²) in [4.78, 5) is 14.5. The summed E-state index contributed by atoms with van der Waals surface area (Å²) < 4.78 is 5.64. The van der Waals surface area contributed by atoms with Gasteiger partial charge >= 0.3 is 0 Å². The molecule has 2 aromatic heterocycles. The van der Waals surface area contributed by atoms with Crippen molar-refractivity contribution < 1.29 is 4.74 Å². The lowest BCUT2D eigenvalue weighted by molar-refractivity contribution is 0.233. The maximum absolute atomic E-state index is 5.64. The van der Waals surface area contributed by atoms with Crippen molar-refractivity contribution in [2.45, 2.75) is 46.6 Å². The second-order valence-corrected chi connectivity index (χ2v) is 6.31. The highest BCUT2D eigenvalue weighted by Crippen LogP contribution is 2.20. The van der Waals surface area contributed by atoms with E-state index in [9.17, 15) is 0 Å². The lowest BCUT2D eigenvalue weighted by Gasteiger charge is -2.12. The molecule has 1 N–H and O–H groups in total. The molecule has 2 heterocycles. The molecule has 0 saturated heterocycles. The second kappa shape index (κ2) is 7.36. The number of thiazole rings is 1. The average molecular weight is 306 g/mol.